The topological polar surface area (TPSA) is 66.6 Å². The monoisotopic (exact) mass is 403 g/mol. The number of pyridine rings is 1. The second-order valence-electron chi connectivity index (χ2n) is 7.35. The smallest absolute Gasteiger partial charge is 0.253 e. The van der Waals surface area contributed by atoms with Crippen molar-refractivity contribution in [1.29, 1.82) is 0 Å². The van der Waals surface area contributed by atoms with Gasteiger partial charge in [0, 0.05) is 37.8 Å². The number of aromatic amines is 1. The normalized spacial score (nSPS) is 16.5. The van der Waals surface area contributed by atoms with E-state index in [1.54, 1.807) is 7.11 Å². The van der Waals surface area contributed by atoms with Gasteiger partial charge in [-0.2, -0.15) is 0 Å². The van der Waals surface area contributed by atoms with Crippen molar-refractivity contribution >= 4 is 28.2 Å². The molecule has 152 valence electrons. The molecule has 2 heterocycles. The first-order chi connectivity index (χ1) is 13.5. The zero-order chi connectivity index (χ0) is 20.1. The Balaban J connectivity index is 1.86. The van der Waals surface area contributed by atoms with Crippen molar-refractivity contribution in [3.63, 3.8) is 0 Å². The summed E-state index contributed by atoms with van der Waals surface area (Å²) < 4.78 is 10.9. The average molecular weight is 404 g/mol. The van der Waals surface area contributed by atoms with Gasteiger partial charge in [-0.25, -0.2) is 0 Å². The molecule has 7 heteroatoms. The van der Waals surface area contributed by atoms with Gasteiger partial charge < -0.3 is 24.7 Å². The second kappa shape index (κ2) is 9.49. The summed E-state index contributed by atoms with van der Waals surface area (Å²) in [6.07, 6.45) is 2.23. The SMILES string of the molecule is COCCNC(=S)N(Cc1cc2c(C)ccc(C)c2[nH]c1=O)C[C@@H]1CCCO1. The number of nitrogens with zero attached hydrogens (tertiary/aromatic N) is 1. The van der Waals surface area contributed by atoms with Crippen LogP contribution in [0.3, 0.4) is 0 Å². The van der Waals surface area contributed by atoms with E-state index >= 15 is 0 Å². The predicted molar refractivity (Wildman–Crippen MR) is 116 cm³/mol. The van der Waals surface area contributed by atoms with E-state index in [2.05, 4.69) is 23.3 Å². The number of ether oxygens (including phenoxy) is 2. The van der Waals surface area contributed by atoms with E-state index < -0.39 is 0 Å². The summed E-state index contributed by atoms with van der Waals surface area (Å²) in [5, 5.41) is 4.91. The standard InChI is InChI=1S/C21H29N3O3S/c1-14-6-7-15(2)19-18(14)11-16(20(25)23-19)12-24(13-17-5-4-9-27-17)21(28)22-8-10-26-3/h6-7,11,17H,4-5,8-10,12-13H2,1-3H3,(H,22,28)(H,23,25)/t17-/m0/s1. The number of nitrogens with one attached hydrogen (secondary N) is 2. The quantitative estimate of drug-likeness (QED) is 0.547. The molecule has 0 saturated carbocycles. The largest absolute Gasteiger partial charge is 0.383 e. The highest BCUT2D eigenvalue weighted by Gasteiger charge is 2.22. The molecule has 1 aromatic heterocycles. The summed E-state index contributed by atoms with van der Waals surface area (Å²) in [7, 11) is 1.66. The van der Waals surface area contributed by atoms with Crippen LogP contribution >= 0.6 is 12.2 Å². The minimum atomic E-state index is -0.0711. The maximum absolute atomic E-state index is 12.8. The van der Waals surface area contributed by atoms with Gasteiger partial charge >= 0.3 is 0 Å². The zero-order valence-electron chi connectivity index (χ0n) is 16.8. The Labute approximate surface area is 171 Å². The molecule has 1 atom stereocenters. The lowest BCUT2D eigenvalue weighted by atomic mass is 10.0. The van der Waals surface area contributed by atoms with Crippen LogP contribution in [0.1, 0.15) is 29.5 Å². The van der Waals surface area contributed by atoms with E-state index in [9.17, 15) is 4.79 Å². The number of benzene rings is 1. The molecule has 0 unspecified atom stereocenters. The number of thiocarbonyl (C=S) groups is 1. The molecule has 2 aromatic rings. The van der Waals surface area contributed by atoms with Gasteiger partial charge in [-0.3, -0.25) is 4.79 Å². The lowest BCUT2D eigenvalue weighted by Gasteiger charge is -2.28. The lowest BCUT2D eigenvalue weighted by Crippen LogP contribution is -2.44. The van der Waals surface area contributed by atoms with Crippen LogP contribution in [0.15, 0.2) is 23.0 Å². The van der Waals surface area contributed by atoms with E-state index in [1.807, 2.05) is 24.0 Å². The van der Waals surface area contributed by atoms with Crippen LogP contribution in [-0.4, -0.2) is 54.5 Å². The van der Waals surface area contributed by atoms with E-state index in [0.717, 1.165) is 41.5 Å². The van der Waals surface area contributed by atoms with Gasteiger partial charge in [0.05, 0.1) is 24.8 Å². The molecule has 6 nitrogen and oxygen atoms in total. The highest BCUT2D eigenvalue weighted by molar-refractivity contribution is 7.80. The van der Waals surface area contributed by atoms with Crippen LogP contribution in [0, 0.1) is 13.8 Å². The Morgan fingerprint density at radius 3 is 2.89 bits per heavy atom. The Hall–Kier alpha value is -1.96. The summed E-state index contributed by atoms with van der Waals surface area (Å²) >= 11 is 5.60. The lowest BCUT2D eigenvalue weighted by molar-refractivity contribution is 0.0895. The summed E-state index contributed by atoms with van der Waals surface area (Å²) in [6, 6.07) is 6.11. The number of rotatable bonds is 7. The van der Waals surface area contributed by atoms with Crippen LogP contribution in [0.4, 0.5) is 0 Å². The molecule has 0 amide bonds. The van der Waals surface area contributed by atoms with Crippen LogP contribution < -0.4 is 10.9 Å². The molecular formula is C21H29N3O3S. The van der Waals surface area contributed by atoms with E-state index in [-0.39, 0.29) is 11.7 Å². The van der Waals surface area contributed by atoms with Gasteiger partial charge in [-0.05, 0) is 56.1 Å². The number of aryl methyl sites for hydroxylation is 2. The molecule has 0 radical (unpaired) electrons. The first-order valence-electron chi connectivity index (χ1n) is 9.75. The van der Waals surface area contributed by atoms with Crippen molar-refractivity contribution < 1.29 is 9.47 Å². The van der Waals surface area contributed by atoms with Crippen molar-refractivity contribution in [3.05, 3.63) is 45.2 Å². The number of H-pyrrole nitrogens is 1. The maximum atomic E-state index is 12.8. The minimum absolute atomic E-state index is 0.0711. The second-order valence-corrected chi connectivity index (χ2v) is 7.74. The molecule has 0 aliphatic carbocycles. The first-order valence-corrected chi connectivity index (χ1v) is 10.2. The summed E-state index contributed by atoms with van der Waals surface area (Å²) in [4.78, 5) is 17.8. The van der Waals surface area contributed by atoms with E-state index in [1.165, 1.54) is 0 Å². The van der Waals surface area contributed by atoms with Crippen molar-refractivity contribution in [2.24, 2.45) is 0 Å². The molecule has 3 rings (SSSR count). The van der Waals surface area contributed by atoms with Gasteiger partial charge in [0.15, 0.2) is 5.11 Å². The Morgan fingerprint density at radius 1 is 1.39 bits per heavy atom. The molecule has 1 aliphatic rings. The third-order valence-electron chi connectivity index (χ3n) is 5.20. The minimum Gasteiger partial charge on any atom is -0.383 e. The van der Waals surface area contributed by atoms with Crippen LogP contribution in [0.2, 0.25) is 0 Å². The van der Waals surface area contributed by atoms with E-state index in [4.69, 9.17) is 21.7 Å². The predicted octanol–water partition coefficient (Wildman–Crippen LogP) is 2.65. The van der Waals surface area contributed by atoms with Gasteiger partial charge in [0.2, 0.25) is 0 Å². The summed E-state index contributed by atoms with van der Waals surface area (Å²) in [6.45, 7) is 7.17. The highest BCUT2D eigenvalue weighted by Crippen LogP contribution is 2.21. The molecule has 0 spiro atoms. The van der Waals surface area contributed by atoms with Gasteiger partial charge in [-0.15, -0.1) is 0 Å². The molecule has 0 bridgehead atoms. The molecule has 28 heavy (non-hydrogen) atoms. The molecular weight excluding hydrogens is 374 g/mol. The van der Waals surface area contributed by atoms with Crippen molar-refractivity contribution in [1.82, 2.24) is 15.2 Å². The summed E-state index contributed by atoms with van der Waals surface area (Å²) in [5.41, 5.74) is 3.75. The number of aromatic nitrogens is 1. The fourth-order valence-electron chi connectivity index (χ4n) is 3.57. The van der Waals surface area contributed by atoms with Crippen molar-refractivity contribution in [2.75, 3.05) is 33.4 Å². The van der Waals surface area contributed by atoms with Gasteiger partial charge in [0.25, 0.3) is 5.56 Å². The third kappa shape index (κ3) is 4.90. The van der Waals surface area contributed by atoms with E-state index in [0.29, 0.717) is 36.9 Å². The Morgan fingerprint density at radius 2 is 2.18 bits per heavy atom. The number of fused-ring (bicyclic) bond motifs is 1. The van der Waals surface area contributed by atoms with Crippen LogP contribution in [-0.2, 0) is 16.0 Å². The number of methoxy groups -OCH3 is 1. The molecule has 2 N–H and O–H groups in total. The fraction of sp³-hybridized carbons (Fsp3) is 0.524. The zero-order valence-corrected chi connectivity index (χ0v) is 17.7. The average Bonchev–Trinajstić information content (AvgIpc) is 3.18. The molecule has 1 saturated heterocycles. The fourth-order valence-corrected chi connectivity index (χ4v) is 3.81. The number of hydrogen-bond donors (Lipinski definition) is 2. The number of hydrogen-bond acceptors (Lipinski definition) is 4. The van der Waals surface area contributed by atoms with Gasteiger partial charge in [-0.1, -0.05) is 12.1 Å². The molecule has 1 aliphatic heterocycles. The van der Waals surface area contributed by atoms with Gasteiger partial charge in [0.1, 0.15) is 0 Å². The Bertz CT molecular complexity index is 890. The molecule has 1 aromatic carbocycles. The first kappa shape index (κ1) is 20.8. The van der Waals surface area contributed by atoms with Crippen LogP contribution in [0.5, 0.6) is 0 Å². The maximum Gasteiger partial charge on any atom is 0.253 e. The van der Waals surface area contributed by atoms with Crippen molar-refractivity contribution in [3.8, 4) is 0 Å². The summed E-state index contributed by atoms with van der Waals surface area (Å²) in [5.74, 6) is 0. The highest BCUT2D eigenvalue weighted by atomic mass is 32.1. The van der Waals surface area contributed by atoms with Crippen molar-refractivity contribution in [2.45, 2.75) is 39.3 Å². The molecule has 1 fully saturated rings. The van der Waals surface area contributed by atoms with Crippen LogP contribution in [0.25, 0.3) is 10.9 Å². The Kier molecular flexibility index (Phi) is 7.04. The third-order valence-corrected chi connectivity index (χ3v) is 5.60.